The molecule has 0 fully saturated rings. The molecule has 0 unspecified atom stereocenters. The molecule has 0 saturated heterocycles. The molecule has 1 aliphatic rings. The summed E-state index contributed by atoms with van der Waals surface area (Å²) >= 11 is 21.9. The molecule has 0 N–H and O–H groups in total. The molecule has 0 spiro atoms. The van der Waals surface area contributed by atoms with Gasteiger partial charge in [0, 0.05) is 0 Å². The second-order valence-corrected chi connectivity index (χ2v) is 5.66. The summed E-state index contributed by atoms with van der Waals surface area (Å²) in [6, 6.07) is 0. The number of halogens is 8. The van der Waals surface area contributed by atoms with Crippen LogP contribution in [0.15, 0.2) is 0 Å². The van der Waals surface area contributed by atoms with E-state index >= 15 is 0 Å². The molecule has 0 atom stereocenters. The summed E-state index contributed by atoms with van der Waals surface area (Å²) in [5.41, 5.74) is -1.97. The molecule has 94 valence electrons. The van der Waals surface area contributed by atoms with Gasteiger partial charge in [0.1, 0.15) is 0 Å². The van der Waals surface area contributed by atoms with Crippen LogP contribution in [0.25, 0.3) is 0 Å². The molecule has 1 nitrogen and oxygen atoms in total. The van der Waals surface area contributed by atoms with Crippen molar-refractivity contribution in [1.29, 1.82) is 0 Å². The van der Waals surface area contributed by atoms with Crippen molar-refractivity contribution in [2.45, 2.75) is 9.04 Å². The van der Waals surface area contributed by atoms with Crippen LogP contribution in [-0.2, 0) is 13.8 Å². The van der Waals surface area contributed by atoms with E-state index in [9.17, 15) is 17.6 Å². The Morgan fingerprint density at radius 3 is 1.24 bits per heavy atom. The predicted octanol–water partition coefficient (Wildman–Crippen LogP) is 4.45. The van der Waals surface area contributed by atoms with E-state index < -0.39 is 43.4 Å². The highest BCUT2D eigenvalue weighted by molar-refractivity contribution is 6.51. The highest BCUT2D eigenvalue weighted by atomic mass is 35.5. The fourth-order valence-electron chi connectivity index (χ4n) is 1.44. The largest absolute Gasteiger partial charge is 0.302 e. The van der Waals surface area contributed by atoms with Gasteiger partial charge in [0.25, 0.3) is 9.04 Å². The van der Waals surface area contributed by atoms with Gasteiger partial charge in [-0.1, -0.05) is 46.4 Å². The standard InChI is InChI=1S/C8Cl4F4O/c9-7(10)1-2(8(11,12)17-7)4(14)6(16)5(15)3(1)13. The first-order valence-corrected chi connectivity index (χ1v) is 5.43. The fourth-order valence-corrected chi connectivity index (χ4v) is 2.77. The number of benzene rings is 1. The van der Waals surface area contributed by atoms with Crippen LogP contribution < -0.4 is 0 Å². The van der Waals surface area contributed by atoms with Crippen LogP contribution in [0.2, 0.25) is 0 Å². The van der Waals surface area contributed by atoms with E-state index in [1.165, 1.54) is 0 Å². The molecule has 1 aliphatic heterocycles. The average molecular weight is 330 g/mol. The molecule has 2 rings (SSSR count). The van der Waals surface area contributed by atoms with Crippen LogP contribution in [0.3, 0.4) is 0 Å². The van der Waals surface area contributed by atoms with Crippen LogP contribution >= 0.6 is 46.4 Å². The summed E-state index contributed by atoms with van der Waals surface area (Å²) < 4.78 is 52.4. The normalized spacial score (nSPS) is 20.5. The highest BCUT2D eigenvalue weighted by Crippen LogP contribution is 2.58. The van der Waals surface area contributed by atoms with Gasteiger partial charge < -0.3 is 4.74 Å². The van der Waals surface area contributed by atoms with Gasteiger partial charge in [-0.05, 0) is 0 Å². The Kier molecular flexibility index (Phi) is 3.00. The van der Waals surface area contributed by atoms with Crippen molar-refractivity contribution < 1.29 is 22.3 Å². The lowest BCUT2D eigenvalue weighted by molar-refractivity contribution is 0.0495. The van der Waals surface area contributed by atoms with Crippen molar-refractivity contribution in [3.05, 3.63) is 34.4 Å². The van der Waals surface area contributed by atoms with Crippen LogP contribution in [-0.4, -0.2) is 0 Å². The van der Waals surface area contributed by atoms with Gasteiger partial charge in [0.05, 0.1) is 11.1 Å². The third-order valence-corrected chi connectivity index (χ3v) is 3.17. The zero-order chi connectivity index (χ0) is 13.2. The summed E-state index contributed by atoms with van der Waals surface area (Å²) in [6.07, 6.45) is 0. The molecule has 9 heteroatoms. The van der Waals surface area contributed by atoms with Gasteiger partial charge in [-0.3, -0.25) is 0 Å². The Labute approximate surface area is 112 Å². The van der Waals surface area contributed by atoms with Crippen molar-refractivity contribution in [2.24, 2.45) is 0 Å². The first-order valence-electron chi connectivity index (χ1n) is 3.92. The molecule has 1 aromatic rings. The zero-order valence-electron chi connectivity index (χ0n) is 7.43. The second-order valence-electron chi connectivity index (χ2n) is 3.14. The molecule has 0 amide bonds. The fraction of sp³-hybridized carbons (Fsp3) is 0.250. The van der Waals surface area contributed by atoms with Gasteiger partial charge >= 0.3 is 0 Å². The molecule has 0 aliphatic carbocycles. The molecule has 17 heavy (non-hydrogen) atoms. The first-order chi connectivity index (χ1) is 7.59. The molecule has 0 aromatic heterocycles. The minimum absolute atomic E-state index is 0.984. The van der Waals surface area contributed by atoms with E-state index in [0.717, 1.165) is 0 Å². The monoisotopic (exact) mass is 328 g/mol. The van der Waals surface area contributed by atoms with Crippen LogP contribution in [0.4, 0.5) is 17.6 Å². The van der Waals surface area contributed by atoms with Gasteiger partial charge in [-0.15, -0.1) is 0 Å². The Bertz CT molecular complexity index is 472. The van der Waals surface area contributed by atoms with Gasteiger partial charge in [0.2, 0.25) is 0 Å². The lowest BCUT2D eigenvalue weighted by Crippen LogP contribution is -2.14. The zero-order valence-corrected chi connectivity index (χ0v) is 10.5. The molecule has 0 radical (unpaired) electrons. The van der Waals surface area contributed by atoms with Crippen molar-refractivity contribution in [2.75, 3.05) is 0 Å². The number of alkyl halides is 4. The maximum absolute atomic E-state index is 13.4. The van der Waals surface area contributed by atoms with Crippen LogP contribution in [0, 0.1) is 23.3 Å². The minimum atomic E-state index is -2.52. The quantitative estimate of drug-likeness (QED) is 0.296. The second kappa shape index (κ2) is 3.78. The smallest absolute Gasteiger partial charge is 0.250 e. The van der Waals surface area contributed by atoms with Crippen molar-refractivity contribution in [3.8, 4) is 0 Å². The topological polar surface area (TPSA) is 9.23 Å². The summed E-state index contributed by atoms with van der Waals surface area (Å²) in [4.78, 5) is 0. The van der Waals surface area contributed by atoms with Crippen molar-refractivity contribution in [1.82, 2.24) is 0 Å². The molecule has 0 bridgehead atoms. The Morgan fingerprint density at radius 1 is 0.647 bits per heavy atom. The SMILES string of the molecule is Fc1c(F)c(F)c2c(c1F)C(Cl)(Cl)OC2(Cl)Cl. The Morgan fingerprint density at radius 2 is 0.941 bits per heavy atom. The lowest BCUT2D eigenvalue weighted by Gasteiger charge is -2.16. The summed E-state index contributed by atoms with van der Waals surface area (Å²) in [5, 5.41) is 0. The summed E-state index contributed by atoms with van der Waals surface area (Å²) in [6.45, 7) is 0. The van der Waals surface area contributed by atoms with Crippen molar-refractivity contribution in [3.63, 3.8) is 0 Å². The Balaban J connectivity index is 2.92. The van der Waals surface area contributed by atoms with Gasteiger partial charge in [-0.2, -0.15) is 0 Å². The maximum atomic E-state index is 13.4. The number of rotatable bonds is 0. The number of hydrogen-bond donors (Lipinski definition) is 0. The van der Waals surface area contributed by atoms with Gasteiger partial charge in [0.15, 0.2) is 23.3 Å². The minimum Gasteiger partial charge on any atom is -0.302 e. The number of ether oxygens (including phenoxy) is 1. The molecule has 1 heterocycles. The Hall–Kier alpha value is 0.0600. The summed E-state index contributed by atoms with van der Waals surface area (Å²) in [5.74, 6) is -7.79. The molecule has 0 saturated carbocycles. The van der Waals surface area contributed by atoms with E-state index in [2.05, 4.69) is 4.74 Å². The molecular weight excluding hydrogens is 330 g/mol. The van der Waals surface area contributed by atoms with Crippen LogP contribution in [0.5, 0.6) is 0 Å². The first kappa shape index (κ1) is 13.5. The van der Waals surface area contributed by atoms with Gasteiger partial charge in [-0.25, -0.2) is 17.6 Å². The summed E-state index contributed by atoms with van der Waals surface area (Å²) in [7, 11) is 0. The third-order valence-electron chi connectivity index (χ3n) is 2.11. The van der Waals surface area contributed by atoms with E-state index in [4.69, 9.17) is 46.4 Å². The molecule has 1 aromatic carbocycles. The maximum Gasteiger partial charge on any atom is 0.250 e. The van der Waals surface area contributed by atoms with E-state index in [1.54, 1.807) is 0 Å². The number of fused-ring (bicyclic) bond motifs is 1. The highest BCUT2D eigenvalue weighted by Gasteiger charge is 2.56. The number of hydrogen-bond acceptors (Lipinski definition) is 1. The molecular formula is C8Cl4F4O. The van der Waals surface area contributed by atoms with E-state index in [0.29, 0.717) is 0 Å². The third kappa shape index (κ3) is 1.79. The van der Waals surface area contributed by atoms with Crippen molar-refractivity contribution >= 4 is 46.4 Å². The average Bonchev–Trinajstić information content (AvgIpc) is 2.36. The van der Waals surface area contributed by atoms with Crippen LogP contribution in [0.1, 0.15) is 11.1 Å². The van der Waals surface area contributed by atoms with E-state index in [-0.39, 0.29) is 0 Å². The predicted molar refractivity (Wildman–Crippen MR) is 54.1 cm³/mol. The van der Waals surface area contributed by atoms with E-state index in [1.807, 2.05) is 0 Å². The lowest BCUT2D eigenvalue weighted by atomic mass is 10.1.